The Morgan fingerprint density at radius 3 is 2.47 bits per heavy atom. The normalized spacial score (nSPS) is 17.0. The van der Waals surface area contributed by atoms with E-state index in [1.807, 2.05) is 0 Å². The number of amides is 1. The summed E-state index contributed by atoms with van der Waals surface area (Å²) >= 11 is 6.20. The van der Waals surface area contributed by atoms with Crippen LogP contribution in [0.15, 0.2) is 41.3 Å². The predicted molar refractivity (Wildman–Crippen MR) is 113 cm³/mol. The summed E-state index contributed by atoms with van der Waals surface area (Å²) in [5.74, 6) is -0.366. The standard InChI is InChI=1S/C20H20ClN3O5S/c21-17-6-4-15(13-19(17)30(28,29)22-9-2-1-3-10-22)20(25)23-11-8-14-12-16(24(26)27)5-7-18(14)23/h4-7,12-13H,1-3,8-11H2. The van der Waals surface area contributed by atoms with Crippen LogP contribution in [-0.2, 0) is 16.4 Å². The van der Waals surface area contributed by atoms with Crippen LogP contribution in [0.3, 0.4) is 0 Å². The first-order valence-corrected chi connectivity index (χ1v) is 11.5. The van der Waals surface area contributed by atoms with Crippen molar-refractivity contribution in [1.29, 1.82) is 0 Å². The van der Waals surface area contributed by atoms with Gasteiger partial charge in [0.2, 0.25) is 10.0 Å². The van der Waals surface area contributed by atoms with Crippen molar-refractivity contribution in [2.45, 2.75) is 30.6 Å². The maximum Gasteiger partial charge on any atom is 0.269 e. The third-order valence-electron chi connectivity index (χ3n) is 5.53. The number of carbonyl (C=O) groups is 1. The molecule has 0 radical (unpaired) electrons. The molecule has 0 N–H and O–H groups in total. The number of hydrogen-bond donors (Lipinski definition) is 0. The van der Waals surface area contributed by atoms with Crippen LogP contribution in [0.5, 0.6) is 0 Å². The summed E-state index contributed by atoms with van der Waals surface area (Å²) in [7, 11) is -3.79. The molecular weight excluding hydrogens is 430 g/mol. The maximum absolute atomic E-state index is 13.1. The first-order chi connectivity index (χ1) is 14.3. The number of non-ortho nitro benzene ring substituents is 1. The number of hydrogen-bond acceptors (Lipinski definition) is 5. The smallest absolute Gasteiger partial charge is 0.269 e. The van der Waals surface area contributed by atoms with Crippen LogP contribution >= 0.6 is 11.6 Å². The molecule has 0 unspecified atom stereocenters. The zero-order valence-corrected chi connectivity index (χ0v) is 17.7. The Kier molecular flexibility index (Phi) is 5.52. The Hall–Kier alpha value is -2.49. The molecule has 2 aromatic carbocycles. The van der Waals surface area contributed by atoms with Crippen LogP contribution in [0.25, 0.3) is 0 Å². The molecule has 1 amide bonds. The minimum absolute atomic E-state index is 0.0237. The molecule has 0 saturated carbocycles. The van der Waals surface area contributed by atoms with E-state index in [1.165, 1.54) is 39.5 Å². The van der Waals surface area contributed by atoms with Gasteiger partial charge in [0.05, 0.1) is 9.95 Å². The molecule has 158 valence electrons. The summed E-state index contributed by atoms with van der Waals surface area (Å²) in [5, 5.41) is 11.1. The monoisotopic (exact) mass is 449 g/mol. The zero-order valence-electron chi connectivity index (χ0n) is 16.1. The van der Waals surface area contributed by atoms with E-state index in [4.69, 9.17) is 11.6 Å². The van der Waals surface area contributed by atoms with Crippen molar-refractivity contribution in [3.63, 3.8) is 0 Å². The van der Waals surface area contributed by atoms with Crippen molar-refractivity contribution >= 4 is 38.9 Å². The molecule has 8 nitrogen and oxygen atoms in total. The quantitative estimate of drug-likeness (QED) is 0.524. The van der Waals surface area contributed by atoms with E-state index >= 15 is 0 Å². The molecule has 0 aliphatic carbocycles. The Morgan fingerprint density at radius 1 is 1.03 bits per heavy atom. The van der Waals surface area contributed by atoms with Crippen molar-refractivity contribution in [2.24, 2.45) is 0 Å². The number of rotatable bonds is 4. The third kappa shape index (κ3) is 3.68. The highest BCUT2D eigenvalue weighted by atomic mass is 35.5. The van der Waals surface area contributed by atoms with Crippen LogP contribution in [0, 0.1) is 10.1 Å². The lowest BCUT2D eigenvalue weighted by Gasteiger charge is -2.26. The summed E-state index contributed by atoms with van der Waals surface area (Å²) in [6.07, 6.45) is 3.08. The van der Waals surface area contributed by atoms with Gasteiger partial charge < -0.3 is 4.90 Å². The fraction of sp³-hybridized carbons (Fsp3) is 0.350. The molecule has 0 bridgehead atoms. The largest absolute Gasteiger partial charge is 0.308 e. The molecular formula is C20H20ClN3O5S. The average molecular weight is 450 g/mol. The number of nitro groups is 1. The average Bonchev–Trinajstić information content (AvgIpc) is 3.17. The molecule has 1 saturated heterocycles. The summed E-state index contributed by atoms with van der Waals surface area (Å²) in [5.41, 5.74) is 1.50. The van der Waals surface area contributed by atoms with Crippen molar-refractivity contribution in [2.75, 3.05) is 24.5 Å². The Morgan fingerprint density at radius 2 is 1.77 bits per heavy atom. The topological polar surface area (TPSA) is 101 Å². The zero-order chi connectivity index (χ0) is 21.5. The summed E-state index contributed by atoms with van der Waals surface area (Å²) in [6.45, 7) is 1.25. The number of halogens is 1. The first-order valence-electron chi connectivity index (χ1n) is 9.68. The van der Waals surface area contributed by atoms with Gasteiger partial charge in [-0.05, 0) is 49.1 Å². The van der Waals surface area contributed by atoms with Gasteiger partial charge in [-0.2, -0.15) is 4.31 Å². The highest BCUT2D eigenvalue weighted by Gasteiger charge is 2.31. The second-order valence-corrected chi connectivity index (χ2v) is 9.70. The van der Waals surface area contributed by atoms with E-state index in [0.717, 1.165) is 19.3 Å². The van der Waals surface area contributed by atoms with Gasteiger partial charge in [-0.15, -0.1) is 0 Å². The Balaban J connectivity index is 1.66. The minimum atomic E-state index is -3.79. The SMILES string of the molecule is O=C(c1ccc(Cl)c(S(=O)(=O)N2CCCCC2)c1)N1CCc2cc([N+](=O)[O-])ccc21. The number of benzene rings is 2. The number of carbonyl (C=O) groups excluding carboxylic acids is 1. The van der Waals surface area contributed by atoms with Gasteiger partial charge in [0.25, 0.3) is 11.6 Å². The lowest BCUT2D eigenvalue weighted by molar-refractivity contribution is -0.384. The highest BCUT2D eigenvalue weighted by Crippen LogP contribution is 2.33. The highest BCUT2D eigenvalue weighted by molar-refractivity contribution is 7.89. The molecule has 30 heavy (non-hydrogen) atoms. The van der Waals surface area contributed by atoms with Gasteiger partial charge in [-0.1, -0.05) is 18.0 Å². The number of anilines is 1. The molecule has 0 aromatic heterocycles. The van der Waals surface area contributed by atoms with E-state index in [0.29, 0.717) is 37.3 Å². The van der Waals surface area contributed by atoms with Gasteiger partial charge in [-0.3, -0.25) is 14.9 Å². The van der Waals surface area contributed by atoms with Gasteiger partial charge in [0.15, 0.2) is 0 Å². The van der Waals surface area contributed by atoms with E-state index < -0.39 is 14.9 Å². The van der Waals surface area contributed by atoms with Gasteiger partial charge in [0, 0.05) is 43.0 Å². The van der Waals surface area contributed by atoms with E-state index in [1.54, 1.807) is 6.07 Å². The number of nitro benzene ring substituents is 1. The van der Waals surface area contributed by atoms with Gasteiger partial charge >= 0.3 is 0 Å². The van der Waals surface area contributed by atoms with Crippen molar-refractivity contribution in [3.05, 3.63) is 62.7 Å². The summed E-state index contributed by atoms with van der Waals surface area (Å²) in [4.78, 5) is 25.1. The summed E-state index contributed by atoms with van der Waals surface area (Å²) < 4.78 is 27.5. The molecule has 0 atom stereocenters. The third-order valence-corrected chi connectivity index (χ3v) is 7.91. The lowest BCUT2D eigenvalue weighted by atomic mass is 10.1. The number of piperidine rings is 1. The van der Waals surface area contributed by atoms with Crippen LogP contribution in [0.1, 0.15) is 35.2 Å². The fourth-order valence-corrected chi connectivity index (χ4v) is 5.96. The lowest BCUT2D eigenvalue weighted by Crippen LogP contribution is -2.36. The molecule has 1 fully saturated rings. The fourth-order valence-electron chi connectivity index (χ4n) is 3.95. The first kappa shape index (κ1) is 20.8. The van der Waals surface area contributed by atoms with Crippen LogP contribution in [0.2, 0.25) is 5.02 Å². The molecule has 2 aliphatic heterocycles. The molecule has 10 heteroatoms. The van der Waals surface area contributed by atoms with Crippen LogP contribution in [0.4, 0.5) is 11.4 Å². The van der Waals surface area contributed by atoms with Crippen LogP contribution < -0.4 is 4.90 Å². The maximum atomic E-state index is 13.1. The van der Waals surface area contributed by atoms with Crippen molar-refractivity contribution in [3.8, 4) is 0 Å². The minimum Gasteiger partial charge on any atom is -0.308 e. The molecule has 4 rings (SSSR count). The molecule has 2 heterocycles. The van der Waals surface area contributed by atoms with Gasteiger partial charge in [-0.25, -0.2) is 8.42 Å². The Bertz CT molecular complexity index is 1130. The molecule has 2 aliphatic rings. The predicted octanol–water partition coefficient (Wildman–Crippen LogP) is 3.63. The molecule has 2 aromatic rings. The molecule has 0 spiro atoms. The van der Waals surface area contributed by atoms with Crippen molar-refractivity contribution in [1.82, 2.24) is 4.31 Å². The number of sulfonamides is 1. The van der Waals surface area contributed by atoms with E-state index in [2.05, 4.69) is 0 Å². The number of nitrogens with zero attached hydrogens (tertiary/aromatic N) is 3. The Labute approximate surface area is 179 Å². The van der Waals surface area contributed by atoms with Crippen LogP contribution in [-0.4, -0.2) is 43.2 Å². The van der Waals surface area contributed by atoms with E-state index in [9.17, 15) is 23.3 Å². The van der Waals surface area contributed by atoms with E-state index in [-0.39, 0.29) is 27.1 Å². The number of fused-ring (bicyclic) bond motifs is 1. The van der Waals surface area contributed by atoms with Gasteiger partial charge in [0.1, 0.15) is 4.90 Å². The second kappa shape index (κ2) is 7.98. The summed E-state index contributed by atoms with van der Waals surface area (Å²) in [6, 6.07) is 8.65. The van der Waals surface area contributed by atoms with Crippen molar-refractivity contribution < 1.29 is 18.1 Å². The second-order valence-electron chi connectivity index (χ2n) is 7.39.